The smallest absolute Gasteiger partial charge is 0.225 e. The van der Waals surface area contributed by atoms with Crippen LogP contribution in [0.25, 0.3) is 0 Å². The minimum atomic E-state index is 0.711. The molecule has 0 radical (unpaired) electrons. The van der Waals surface area contributed by atoms with E-state index in [1.165, 1.54) is 12.2 Å². The van der Waals surface area contributed by atoms with Crippen LogP contribution in [0.3, 0.4) is 0 Å². The number of thioether (sulfide) groups is 1. The van der Waals surface area contributed by atoms with E-state index in [9.17, 15) is 0 Å². The molecule has 1 aromatic heterocycles. The van der Waals surface area contributed by atoms with Gasteiger partial charge in [-0.15, -0.1) is 0 Å². The summed E-state index contributed by atoms with van der Waals surface area (Å²) in [7, 11) is 1.71. The van der Waals surface area contributed by atoms with Crippen LogP contribution < -0.4 is 10.2 Å². The highest BCUT2D eigenvalue weighted by Crippen LogP contribution is 2.23. The molecule has 2 rings (SSSR count). The molecule has 0 amide bonds. The topological polar surface area (TPSA) is 50.3 Å². The summed E-state index contributed by atoms with van der Waals surface area (Å²) in [6, 6.07) is 0. The third-order valence-corrected chi connectivity index (χ3v) is 4.75. The highest BCUT2D eigenvalue weighted by molar-refractivity contribution is 8.00. The SMILES string of the molecule is CCC1CN(c2ncc(CNCCOC)cn2)CCS1. The molecule has 1 fully saturated rings. The van der Waals surface area contributed by atoms with Gasteiger partial charge >= 0.3 is 0 Å². The van der Waals surface area contributed by atoms with E-state index in [0.717, 1.165) is 44.3 Å². The Morgan fingerprint density at radius 1 is 1.45 bits per heavy atom. The van der Waals surface area contributed by atoms with Crippen molar-refractivity contribution in [3.8, 4) is 0 Å². The van der Waals surface area contributed by atoms with E-state index >= 15 is 0 Å². The van der Waals surface area contributed by atoms with Gasteiger partial charge in [0, 0.05) is 62.2 Å². The Morgan fingerprint density at radius 2 is 2.25 bits per heavy atom. The van der Waals surface area contributed by atoms with Gasteiger partial charge in [-0.2, -0.15) is 11.8 Å². The number of ether oxygens (including phenoxy) is 1. The van der Waals surface area contributed by atoms with E-state index < -0.39 is 0 Å². The van der Waals surface area contributed by atoms with E-state index in [0.29, 0.717) is 5.25 Å². The molecule has 20 heavy (non-hydrogen) atoms. The number of nitrogens with zero attached hydrogens (tertiary/aromatic N) is 3. The van der Waals surface area contributed by atoms with Crippen molar-refractivity contribution in [2.75, 3.05) is 44.0 Å². The van der Waals surface area contributed by atoms with Crippen molar-refractivity contribution in [2.24, 2.45) is 0 Å². The van der Waals surface area contributed by atoms with Crippen LogP contribution in [0, 0.1) is 0 Å². The average molecular weight is 296 g/mol. The van der Waals surface area contributed by atoms with Gasteiger partial charge in [-0.3, -0.25) is 0 Å². The standard InChI is InChI=1S/C14H24N4OS/c1-3-13-11-18(5-7-20-13)14-16-9-12(10-17-14)8-15-4-6-19-2/h9-10,13,15H,3-8,11H2,1-2H3. The fraction of sp³-hybridized carbons (Fsp3) is 0.714. The Bertz CT molecular complexity index is 387. The maximum Gasteiger partial charge on any atom is 0.225 e. The minimum absolute atomic E-state index is 0.711. The normalized spacial score (nSPS) is 19.3. The monoisotopic (exact) mass is 296 g/mol. The fourth-order valence-electron chi connectivity index (χ4n) is 2.16. The molecule has 112 valence electrons. The molecular formula is C14H24N4OS. The lowest BCUT2D eigenvalue weighted by molar-refractivity contribution is 0.199. The Kier molecular flexibility index (Phi) is 6.56. The molecule has 1 atom stereocenters. The van der Waals surface area contributed by atoms with Gasteiger partial charge in [0.1, 0.15) is 0 Å². The molecule has 1 saturated heterocycles. The van der Waals surface area contributed by atoms with Gasteiger partial charge in [0.05, 0.1) is 6.61 Å². The van der Waals surface area contributed by atoms with Gasteiger partial charge in [-0.05, 0) is 6.42 Å². The number of hydrogen-bond acceptors (Lipinski definition) is 6. The summed E-state index contributed by atoms with van der Waals surface area (Å²) in [6.45, 7) is 6.72. The van der Waals surface area contributed by atoms with Gasteiger partial charge in [-0.25, -0.2) is 9.97 Å². The van der Waals surface area contributed by atoms with Crippen molar-refractivity contribution in [3.63, 3.8) is 0 Å². The van der Waals surface area contributed by atoms with Crippen LogP contribution in [-0.4, -0.2) is 54.3 Å². The van der Waals surface area contributed by atoms with Gasteiger partial charge in [-0.1, -0.05) is 6.92 Å². The zero-order chi connectivity index (χ0) is 14.2. The van der Waals surface area contributed by atoms with Crippen molar-refractivity contribution in [3.05, 3.63) is 18.0 Å². The zero-order valence-corrected chi connectivity index (χ0v) is 13.2. The Balaban J connectivity index is 1.84. The molecule has 0 bridgehead atoms. The average Bonchev–Trinajstić information content (AvgIpc) is 2.52. The number of anilines is 1. The second-order valence-corrected chi connectivity index (χ2v) is 6.32. The van der Waals surface area contributed by atoms with Crippen LogP contribution in [0.15, 0.2) is 12.4 Å². The van der Waals surface area contributed by atoms with Gasteiger partial charge in [0.2, 0.25) is 5.95 Å². The Labute approximate surface area is 125 Å². The lowest BCUT2D eigenvalue weighted by atomic mass is 10.3. The van der Waals surface area contributed by atoms with Crippen molar-refractivity contribution < 1.29 is 4.74 Å². The number of rotatable bonds is 7. The van der Waals surface area contributed by atoms with Crippen LogP contribution in [0.2, 0.25) is 0 Å². The van der Waals surface area contributed by atoms with Crippen LogP contribution in [0.1, 0.15) is 18.9 Å². The maximum atomic E-state index is 5.00. The number of aromatic nitrogens is 2. The molecule has 0 spiro atoms. The summed E-state index contributed by atoms with van der Waals surface area (Å²) in [5.41, 5.74) is 1.11. The molecule has 2 heterocycles. The van der Waals surface area contributed by atoms with E-state index in [2.05, 4.69) is 38.9 Å². The van der Waals surface area contributed by atoms with E-state index in [1.54, 1.807) is 7.11 Å². The number of hydrogen-bond donors (Lipinski definition) is 1. The zero-order valence-electron chi connectivity index (χ0n) is 12.3. The molecule has 0 saturated carbocycles. The number of methoxy groups -OCH3 is 1. The molecule has 0 aliphatic carbocycles. The molecule has 5 nitrogen and oxygen atoms in total. The van der Waals surface area contributed by atoms with Crippen molar-refractivity contribution in [1.29, 1.82) is 0 Å². The molecule has 0 aromatic carbocycles. The van der Waals surface area contributed by atoms with Gasteiger partial charge < -0.3 is 15.0 Å². The van der Waals surface area contributed by atoms with Crippen molar-refractivity contribution in [2.45, 2.75) is 25.1 Å². The van der Waals surface area contributed by atoms with Crippen molar-refractivity contribution >= 4 is 17.7 Å². The summed E-state index contributed by atoms with van der Waals surface area (Å²) >= 11 is 2.06. The third kappa shape index (κ3) is 4.61. The van der Waals surface area contributed by atoms with Crippen molar-refractivity contribution in [1.82, 2.24) is 15.3 Å². The summed E-state index contributed by atoms with van der Waals surface area (Å²) < 4.78 is 5.00. The molecule has 6 heteroatoms. The predicted molar refractivity (Wildman–Crippen MR) is 84.4 cm³/mol. The minimum Gasteiger partial charge on any atom is -0.383 e. The first-order chi connectivity index (χ1) is 9.83. The second-order valence-electron chi connectivity index (χ2n) is 4.91. The highest BCUT2D eigenvalue weighted by atomic mass is 32.2. The van der Waals surface area contributed by atoms with Crippen LogP contribution in [0.5, 0.6) is 0 Å². The molecule has 1 N–H and O–H groups in total. The van der Waals surface area contributed by atoms with Gasteiger partial charge in [0.25, 0.3) is 0 Å². The summed E-state index contributed by atoms with van der Waals surface area (Å²) in [5.74, 6) is 2.03. The summed E-state index contributed by atoms with van der Waals surface area (Å²) in [4.78, 5) is 11.3. The van der Waals surface area contributed by atoms with E-state index in [-0.39, 0.29) is 0 Å². The van der Waals surface area contributed by atoms with Gasteiger partial charge in [0.15, 0.2) is 0 Å². The first-order valence-corrected chi connectivity index (χ1v) is 8.25. The van der Waals surface area contributed by atoms with Crippen LogP contribution in [-0.2, 0) is 11.3 Å². The fourth-order valence-corrected chi connectivity index (χ4v) is 3.34. The second kappa shape index (κ2) is 8.44. The maximum absolute atomic E-state index is 5.00. The summed E-state index contributed by atoms with van der Waals surface area (Å²) in [6.07, 6.45) is 5.05. The molecular weight excluding hydrogens is 272 g/mol. The summed E-state index contributed by atoms with van der Waals surface area (Å²) in [5, 5.41) is 4.01. The largest absolute Gasteiger partial charge is 0.383 e. The lowest BCUT2D eigenvalue weighted by Crippen LogP contribution is -2.38. The van der Waals surface area contributed by atoms with E-state index in [4.69, 9.17) is 4.74 Å². The Morgan fingerprint density at radius 3 is 2.95 bits per heavy atom. The predicted octanol–water partition coefficient (Wildman–Crippen LogP) is 1.54. The molecule has 1 unspecified atom stereocenters. The third-order valence-electron chi connectivity index (χ3n) is 3.38. The highest BCUT2D eigenvalue weighted by Gasteiger charge is 2.20. The molecule has 1 aliphatic rings. The first kappa shape index (κ1) is 15.5. The molecule has 1 aliphatic heterocycles. The van der Waals surface area contributed by atoms with Crippen LogP contribution >= 0.6 is 11.8 Å². The molecule has 1 aromatic rings. The number of nitrogens with one attached hydrogen (secondary N) is 1. The first-order valence-electron chi connectivity index (χ1n) is 7.20. The lowest BCUT2D eigenvalue weighted by Gasteiger charge is -2.31. The Hall–Kier alpha value is -0.850. The quantitative estimate of drug-likeness (QED) is 0.770. The van der Waals surface area contributed by atoms with E-state index in [1.807, 2.05) is 12.4 Å². The van der Waals surface area contributed by atoms with Crippen LogP contribution in [0.4, 0.5) is 5.95 Å².